The van der Waals surface area contributed by atoms with Crippen LogP contribution in [0.15, 0.2) is 16.6 Å². The summed E-state index contributed by atoms with van der Waals surface area (Å²) in [5.41, 5.74) is 3.69. The Morgan fingerprint density at radius 3 is 2.75 bits per heavy atom. The van der Waals surface area contributed by atoms with E-state index in [9.17, 15) is 0 Å². The summed E-state index contributed by atoms with van der Waals surface area (Å²) in [6, 6.07) is 4.24. The Hall–Kier alpha value is -0.870. The molecule has 1 aliphatic carbocycles. The molecule has 1 fully saturated rings. The third kappa shape index (κ3) is 2.63. The van der Waals surface area contributed by atoms with Crippen LogP contribution in [0, 0.1) is 6.92 Å². The fourth-order valence-corrected chi connectivity index (χ4v) is 4.02. The number of nitrogens with zero attached hydrogens (tertiary/aromatic N) is 1. The van der Waals surface area contributed by atoms with Crippen LogP contribution in [0.4, 0.5) is 0 Å². The van der Waals surface area contributed by atoms with Crippen LogP contribution in [-0.4, -0.2) is 22.6 Å². The molecule has 0 saturated heterocycles. The topological polar surface area (TPSA) is 40.7 Å². The number of halogens is 1. The van der Waals surface area contributed by atoms with Crippen LogP contribution in [-0.2, 0) is 6.42 Å². The zero-order valence-electron chi connectivity index (χ0n) is 12.2. The summed E-state index contributed by atoms with van der Waals surface area (Å²) in [4.78, 5) is 8.33. The van der Waals surface area contributed by atoms with Crippen molar-refractivity contribution in [2.45, 2.75) is 51.0 Å². The van der Waals surface area contributed by atoms with Gasteiger partial charge in [0.2, 0.25) is 0 Å². The van der Waals surface area contributed by atoms with Gasteiger partial charge >= 0.3 is 0 Å². The molecule has 1 aromatic heterocycles. The third-order valence-corrected chi connectivity index (χ3v) is 5.10. The summed E-state index contributed by atoms with van der Waals surface area (Å²) in [5, 5.41) is 3.57. The number of H-pyrrole nitrogens is 1. The number of rotatable bonds is 3. The molecule has 108 valence electrons. The molecule has 3 rings (SSSR count). The minimum absolute atomic E-state index is 0.233. The number of aromatic amines is 1. The van der Waals surface area contributed by atoms with Crippen molar-refractivity contribution in [2.24, 2.45) is 0 Å². The lowest BCUT2D eigenvalue weighted by atomic mass is 9.79. The van der Waals surface area contributed by atoms with E-state index in [0.29, 0.717) is 0 Å². The van der Waals surface area contributed by atoms with Gasteiger partial charge in [-0.15, -0.1) is 0 Å². The van der Waals surface area contributed by atoms with Gasteiger partial charge in [-0.3, -0.25) is 0 Å². The molecule has 0 spiro atoms. The number of aromatic nitrogens is 2. The van der Waals surface area contributed by atoms with Crippen LogP contribution >= 0.6 is 15.9 Å². The van der Waals surface area contributed by atoms with Crippen molar-refractivity contribution in [1.29, 1.82) is 0 Å². The highest BCUT2D eigenvalue weighted by Crippen LogP contribution is 2.31. The Balaban J connectivity index is 1.92. The van der Waals surface area contributed by atoms with Gasteiger partial charge in [-0.05, 0) is 44.5 Å². The Bertz CT molecular complexity index is 611. The van der Waals surface area contributed by atoms with E-state index in [0.717, 1.165) is 27.8 Å². The molecule has 1 heterocycles. The fourth-order valence-electron chi connectivity index (χ4n) is 3.45. The first kappa shape index (κ1) is 14.1. The van der Waals surface area contributed by atoms with Crippen molar-refractivity contribution in [3.05, 3.63) is 28.0 Å². The summed E-state index contributed by atoms with van der Waals surface area (Å²) in [6.45, 7) is 2.12. The molecule has 1 aliphatic rings. The lowest BCUT2D eigenvalue weighted by Gasteiger charge is -2.36. The molecule has 2 N–H and O–H groups in total. The zero-order chi connectivity index (χ0) is 14.2. The normalized spacial score (nSPS) is 18.6. The van der Waals surface area contributed by atoms with Crippen LogP contribution in [0.5, 0.6) is 0 Å². The van der Waals surface area contributed by atoms with Crippen LogP contribution in [0.1, 0.15) is 43.5 Å². The van der Waals surface area contributed by atoms with Gasteiger partial charge in [0.15, 0.2) is 0 Å². The predicted octanol–water partition coefficient (Wildman–Crippen LogP) is 4.10. The van der Waals surface area contributed by atoms with Gasteiger partial charge in [-0.1, -0.05) is 35.2 Å². The zero-order valence-corrected chi connectivity index (χ0v) is 13.8. The maximum atomic E-state index is 4.82. The molecule has 0 radical (unpaired) electrons. The molecule has 0 unspecified atom stereocenters. The van der Waals surface area contributed by atoms with Crippen molar-refractivity contribution in [3.63, 3.8) is 0 Å². The maximum Gasteiger partial charge on any atom is 0.109 e. The molecular formula is C16H22BrN3. The van der Waals surface area contributed by atoms with Gasteiger partial charge < -0.3 is 10.3 Å². The van der Waals surface area contributed by atoms with Crippen molar-refractivity contribution in [2.75, 3.05) is 7.05 Å². The van der Waals surface area contributed by atoms with Crippen LogP contribution < -0.4 is 5.32 Å². The van der Waals surface area contributed by atoms with Crippen LogP contribution in [0.25, 0.3) is 11.0 Å². The van der Waals surface area contributed by atoms with Crippen molar-refractivity contribution < 1.29 is 0 Å². The first-order chi connectivity index (χ1) is 9.62. The Labute approximate surface area is 128 Å². The molecule has 0 atom stereocenters. The second-order valence-electron chi connectivity index (χ2n) is 6.07. The van der Waals surface area contributed by atoms with E-state index in [-0.39, 0.29) is 5.54 Å². The lowest BCUT2D eigenvalue weighted by molar-refractivity contribution is 0.241. The summed E-state index contributed by atoms with van der Waals surface area (Å²) in [5.74, 6) is 1.11. The number of hydrogen-bond donors (Lipinski definition) is 2. The Morgan fingerprint density at radius 1 is 1.30 bits per heavy atom. The lowest BCUT2D eigenvalue weighted by Crippen LogP contribution is -2.46. The fraction of sp³-hybridized carbons (Fsp3) is 0.562. The van der Waals surface area contributed by atoms with Crippen LogP contribution in [0.3, 0.4) is 0 Å². The average molecular weight is 336 g/mol. The summed E-state index contributed by atoms with van der Waals surface area (Å²) in [6.07, 6.45) is 7.52. The van der Waals surface area contributed by atoms with E-state index in [4.69, 9.17) is 4.98 Å². The largest absolute Gasteiger partial charge is 0.342 e. The number of fused-ring (bicyclic) bond motifs is 1. The molecular weight excluding hydrogens is 314 g/mol. The standard InChI is InChI=1S/C16H22BrN3/c1-11-8-12(17)9-13-15(11)20-14(19-13)10-16(18-2)6-4-3-5-7-16/h8-9,18H,3-7,10H2,1-2H3,(H,19,20). The average Bonchev–Trinajstić information content (AvgIpc) is 2.82. The first-order valence-electron chi connectivity index (χ1n) is 7.46. The predicted molar refractivity (Wildman–Crippen MR) is 87.1 cm³/mol. The molecule has 1 saturated carbocycles. The van der Waals surface area contributed by atoms with Crippen molar-refractivity contribution in [1.82, 2.24) is 15.3 Å². The van der Waals surface area contributed by atoms with Gasteiger partial charge in [-0.2, -0.15) is 0 Å². The van der Waals surface area contributed by atoms with E-state index in [1.54, 1.807) is 0 Å². The summed E-state index contributed by atoms with van der Waals surface area (Å²) < 4.78 is 1.11. The van der Waals surface area contributed by atoms with E-state index in [1.807, 2.05) is 0 Å². The van der Waals surface area contributed by atoms with E-state index < -0.39 is 0 Å². The van der Waals surface area contributed by atoms with E-state index >= 15 is 0 Å². The summed E-state index contributed by atoms with van der Waals surface area (Å²) in [7, 11) is 2.09. The van der Waals surface area contributed by atoms with Gasteiger partial charge in [0, 0.05) is 16.4 Å². The number of nitrogens with one attached hydrogen (secondary N) is 2. The molecule has 0 bridgehead atoms. The number of benzene rings is 1. The molecule has 0 aliphatic heterocycles. The van der Waals surface area contributed by atoms with Gasteiger partial charge in [0.25, 0.3) is 0 Å². The van der Waals surface area contributed by atoms with Gasteiger partial charge in [-0.25, -0.2) is 4.98 Å². The molecule has 0 amide bonds. The quantitative estimate of drug-likeness (QED) is 0.886. The SMILES string of the molecule is CNC1(Cc2nc3c(C)cc(Br)cc3[nH]2)CCCCC1. The number of likely N-dealkylation sites (N-methyl/N-ethyl adjacent to an activating group) is 1. The van der Waals surface area contributed by atoms with Crippen LogP contribution in [0.2, 0.25) is 0 Å². The maximum absolute atomic E-state index is 4.82. The molecule has 1 aromatic carbocycles. The summed E-state index contributed by atoms with van der Waals surface area (Å²) >= 11 is 3.56. The highest BCUT2D eigenvalue weighted by Gasteiger charge is 2.31. The molecule has 4 heteroatoms. The highest BCUT2D eigenvalue weighted by molar-refractivity contribution is 9.10. The van der Waals surface area contributed by atoms with Crippen molar-refractivity contribution in [3.8, 4) is 0 Å². The second kappa shape index (κ2) is 5.49. The third-order valence-electron chi connectivity index (χ3n) is 4.64. The second-order valence-corrected chi connectivity index (χ2v) is 6.99. The molecule has 2 aromatic rings. The van der Waals surface area contributed by atoms with Gasteiger partial charge in [0.1, 0.15) is 5.82 Å². The monoisotopic (exact) mass is 335 g/mol. The Kier molecular flexibility index (Phi) is 3.87. The minimum Gasteiger partial charge on any atom is -0.342 e. The van der Waals surface area contributed by atoms with E-state index in [2.05, 4.69) is 52.3 Å². The van der Waals surface area contributed by atoms with E-state index in [1.165, 1.54) is 37.7 Å². The molecule has 20 heavy (non-hydrogen) atoms. The van der Waals surface area contributed by atoms with Crippen molar-refractivity contribution >= 4 is 27.0 Å². The molecule has 3 nitrogen and oxygen atoms in total. The minimum atomic E-state index is 0.233. The number of hydrogen-bond acceptors (Lipinski definition) is 2. The highest BCUT2D eigenvalue weighted by atomic mass is 79.9. The number of aryl methyl sites for hydroxylation is 1. The van der Waals surface area contributed by atoms with Gasteiger partial charge in [0.05, 0.1) is 11.0 Å². The smallest absolute Gasteiger partial charge is 0.109 e. The number of imidazole rings is 1. The first-order valence-corrected chi connectivity index (χ1v) is 8.25. The Morgan fingerprint density at radius 2 is 2.05 bits per heavy atom.